The largest absolute Gasteiger partial charge is 0.453 e. The van der Waals surface area contributed by atoms with Crippen LogP contribution in [-0.4, -0.2) is 16.5 Å². The molecule has 2 aromatic carbocycles. The van der Waals surface area contributed by atoms with Gasteiger partial charge >= 0.3 is 0 Å². The van der Waals surface area contributed by atoms with Crippen LogP contribution in [-0.2, 0) is 0 Å². The van der Waals surface area contributed by atoms with E-state index in [4.69, 9.17) is 4.74 Å². The number of nitrogens with zero attached hydrogens (tertiary/aromatic N) is 2. The van der Waals surface area contributed by atoms with Crippen molar-refractivity contribution in [3.63, 3.8) is 0 Å². The maximum Gasteiger partial charge on any atom is 0.258 e. The summed E-state index contributed by atoms with van der Waals surface area (Å²) in [4.78, 5) is 18.4. The van der Waals surface area contributed by atoms with Gasteiger partial charge in [-0.05, 0) is 30.3 Å². The lowest BCUT2D eigenvalue weighted by atomic mass is 10.1. The van der Waals surface area contributed by atoms with Gasteiger partial charge in [0, 0.05) is 18.7 Å². The van der Waals surface area contributed by atoms with E-state index >= 15 is 0 Å². The highest BCUT2D eigenvalue weighted by atomic mass is 32.2. The van der Waals surface area contributed by atoms with Crippen LogP contribution in [0.2, 0.25) is 0 Å². The minimum Gasteiger partial charge on any atom is -0.453 e. The van der Waals surface area contributed by atoms with Gasteiger partial charge in [-0.2, -0.15) is 5.26 Å². The highest BCUT2D eigenvalue weighted by Gasteiger charge is 2.16. The fourth-order valence-corrected chi connectivity index (χ4v) is 2.74. The lowest BCUT2D eigenvalue weighted by Crippen LogP contribution is -2.07. The second-order valence-corrected chi connectivity index (χ2v) is 5.82. The van der Waals surface area contributed by atoms with E-state index < -0.39 is 5.82 Å². The number of benzene rings is 2. The van der Waals surface area contributed by atoms with Gasteiger partial charge in [0.1, 0.15) is 17.4 Å². The van der Waals surface area contributed by atoms with Gasteiger partial charge in [-0.25, -0.2) is 14.1 Å². The van der Waals surface area contributed by atoms with Crippen molar-refractivity contribution in [3.05, 3.63) is 58.4 Å². The molecule has 0 spiro atoms. The first-order valence-corrected chi connectivity index (χ1v) is 8.48. The summed E-state index contributed by atoms with van der Waals surface area (Å²) in [6.07, 6.45) is 1.30. The van der Waals surface area contributed by atoms with Crippen LogP contribution in [0, 0.1) is 17.1 Å². The molecule has 7 nitrogen and oxygen atoms in total. The van der Waals surface area contributed by atoms with Gasteiger partial charge in [0.05, 0.1) is 22.9 Å². The topological polar surface area (TPSA) is 103 Å². The predicted molar refractivity (Wildman–Crippen MR) is 98.4 cm³/mol. The lowest BCUT2D eigenvalue weighted by molar-refractivity contribution is 0.441. The van der Waals surface area contributed by atoms with E-state index in [-0.39, 0.29) is 22.6 Å². The van der Waals surface area contributed by atoms with Crippen LogP contribution in [0.4, 0.5) is 10.1 Å². The number of fused-ring (bicyclic) bond motifs is 1. The number of anilines is 1. The summed E-state index contributed by atoms with van der Waals surface area (Å²) in [5.41, 5.74) is 0.587. The van der Waals surface area contributed by atoms with Crippen LogP contribution in [0.5, 0.6) is 11.5 Å². The molecule has 9 heteroatoms. The van der Waals surface area contributed by atoms with Crippen LogP contribution in [0.1, 0.15) is 12.5 Å². The summed E-state index contributed by atoms with van der Waals surface area (Å²) in [6, 6.07) is 9.22. The number of aromatic nitrogens is 2. The van der Waals surface area contributed by atoms with E-state index in [1.165, 1.54) is 36.7 Å². The monoisotopic (exact) mass is 371 g/mol. The third-order valence-corrected chi connectivity index (χ3v) is 4.19. The zero-order valence-electron chi connectivity index (χ0n) is 13.7. The normalized spacial score (nSPS) is 10.5. The summed E-state index contributed by atoms with van der Waals surface area (Å²) in [7, 11) is 0. The average Bonchev–Trinajstić information content (AvgIpc) is 2.65. The number of H-pyrrole nitrogens is 1. The Bertz CT molecular complexity index is 1050. The standard InChI is InChI=1S/C17H14FN5O2S/c1-2-22-26-23-15-6-4-13(18)16(12(15)8-19)25-10-3-5-14-11(7-10)17(24)21-9-20-14/h3-7,9,22-23H,2H2,1H3,(H,20,21,24). The van der Waals surface area contributed by atoms with Gasteiger partial charge < -0.3 is 14.4 Å². The molecule has 1 aromatic heterocycles. The Labute approximate surface area is 152 Å². The lowest BCUT2D eigenvalue weighted by Gasteiger charge is -2.13. The number of ether oxygens (including phenoxy) is 1. The molecule has 0 aliphatic carbocycles. The molecule has 0 atom stereocenters. The molecule has 0 unspecified atom stereocenters. The number of halogens is 1. The first-order chi connectivity index (χ1) is 12.6. The molecule has 0 bridgehead atoms. The molecule has 0 aliphatic heterocycles. The third kappa shape index (κ3) is 3.61. The summed E-state index contributed by atoms with van der Waals surface area (Å²) >= 11 is 1.18. The number of hydrogen-bond acceptors (Lipinski definition) is 7. The van der Waals surface area contributed by atoms with Crippen molar-refractivity contribution in [3.8, 4) is 17.6 Å². The van der Waals surface area contributed by atoms with Gasteiger partial charge in [0.15, 0.2) is 11.6 Å². The Hall–Kier alpha value is -3.09. The number of nitrogens with one attached hydrogen (secondary N) is 3. The molecule has 1 heterocycles. The second-order valence-electron chi connectivity index (χ2n) is 5.13. The quantitative estimate of drug-likeness (QED) is 0.451. The first-order valence-electron chi connectivity index (χ1n) is 7.66. The van der Waals surface area contributed by atoms with Crippen molar-refractivity contribution in [1.82, 2.24) is 14.7 Å². The van der Waals surface area contributed by atoms with E-state index in [1.54, 1.807) is 12.1 Å². The highest BCUT2D eigenvalue weighted by Crippen LogP contribution is 2.34. The molecule has 0 saturated heterocycles. The van der Waals surface area contributed by atoms with Crippen molar-refractivity contribution in [2.75, 3.05) is 11.3 Å². The van der Waals surface area contributed by atoms with Crippen molar-refractivity contribution in [2.24, 2.45) is 0 Å². The minimum absolute atomic E-state index is 0.0237. The van der Waals surface area contributed by atoms with Crippen molar-refractivity contribution < 1.29 is 9.13 Å². The number of nitriles is 1. The van der Waals surface area contributed by atoms with Gasteiger partial charge in [-0.3, -0.25) is 4.79 Å². The van der Waals surface area contributed by atoms with E-state index in [2.05, 4.69) is 19.4 Å². The molecule has 26 heavy (non-hydrogen) atoms. The SMILES string of the molecule is CCNSNc1ccc(F)c(Oc2ccc3nc[nH]c(=O)c3c2)c1C#N. The molecule has 3 N–H and O–H groups in total. The molecule has 0 aliphatic rings. The molecule has 0 amide bonds. The maximum absolute atomic E-state index is 14.3. The first kappa shape index (κ1) is 17.7. The second kappa shape index (κ2) is 7.86. The average molecular weight is 371 g/mol. The molecule has 132 valence electrons. The summed E-state index contributed by atoms with van der Waals surface area (Å²) in [5.74, 6) is -0.669. The van der Waals surface area contributed by atoms with E-state index in [0.717, 1.165) is 0 Å². The summed E-state index contributed by atoms with van der Waals surface area (Å²) < 4.78 is 25.8. The maximum atomic E-state index is 14.3. The summed E-state index contributed by atoms with van der Waals surface area (Å²) in [5, 5.41) is 9.75. The molecular formula is C17H14FN5O2S. The molecule has 3 rings (SSSR count). The Balaban J connectivity index is 1.99. The van der Waals surface area contributed by atoms with Crippen LogP contribution in [0.25, 0.3) is 10.9 Å². The predicted octanol–water partition coefficient (Wildman–Crippen LogP) is 3.31. The zero-order chi connectivity index (χ0) is 18.5. The smallest absolute Gasteiger partial charge is 0.258 e. The Morgan fingerprint density at radius 2 is 2.23 bits per heavy atom. The van der Waals surface area contributed by atoms with Crippen LogP contribution in [0.15, 0.2) is 41.5 Å². The van der Waals surface area contributed by atoms with E-state index in [1.807, 2.05) is 13.0 Å². The molecular weight excluding hydrogens is 357 g/mol. The van der Waals surface area contributed by atoms with E-state index in [9.17, 15) is 14.4 Å². The Morgan fingerprint density at radius 1 is 1.38 bits per heavy atom. The van der Waals surface area contributed by atoms with Gasteiger partial charge in [-0.15, -0.1) is 0 Å². The summed E-state index contributed by atoms with van der Waals surface area (Å²) in [6.45, 7) is 2.64. The molecule has 0 saturated carbocycles. The fraction of sp³-hybridized carbons (Fsp3) is 0.118. The van der Waals surface area contributed by atoms with E-state index in [0.29, 0.717) is 23.1 Å². The highest BCUT2D eigenvalue weighted by molar-refractivity contribution is 7.98. The van der Waals surface area contributed by atoms with Crippen LogP contribution < -0.4 is 19.7 Å². The van der Waals surface area contributed by atoms with Crippen LogP contribution in [0.3, 0.4) is 0 Å². The third-order valence-electron chi connectivity index (χ3n) is 3.43. The minimum atomic E-state index is -0.680. The van der Waals surface area contributed by atoms with Gasteiger partial charge in [0.25, 0.3) is 5.56 Å². The van der Waals surface area contributed by atoms with Gasteiger partial charge in [-0.1, -0.05) is 6.92 Å². The number of aromatic amines is 1. The van der Waals surface area contributed by atoms with Crippen molar-refractivity contribution in [2.45, 2.75) is 6.92 Å². The molecule has 0 fully saturated rings. The van der Waals surface area contributed by atoms with Crippen LogP contribution >= 0.6 is 12.1 Å². The van der Waals surface area contributed by atoms with Gasteiger partial charge in [0.2, 0.25) is 0 Å². The molecule has 3 aromatic rings. The Kier molecular flexibility index (Phi) is 5.36. The fourth-order valence-electron chi connectivity index (χ4n) is 2.25. The molecule has 0 radical (unpaired) electrons. The van der Waals surface area contributed by atoms with Crippen molar-refractivity contribution in [1.29, 1.82) is 5.26 Å². The van der Waals surface area contributed by atoms with Crippen molar-refractivity contribution >= 4 is 28.7 Å². The number of rotatable bonds is 6. The number of hydrogen-bond donors (Lipinski definition) is 3. The zero-order valence-corrected chi connectivity index (χ0v) is 14.5. The Morgan fingerprint density at radius 3 is 3.00 bits per heavy atom.